The molecule has 0 heterocycles. The second-order valence-corrected chi connectivity index (χ2v) is 5.59. The Morgan fingerprint density at radius 3 is 2.80 bits per heavy atom. The van der Waals surface area contributed by atoms with E-state index in [2.05, 4.69) is 17.4 Å². The first-order chi connectivity index (χ1) is 9.51. The van der Waals surface area contributed by atoms with Crippen molar-refractivity contribution in [1.82, 2.24) is 0 Å². The predicted molar refractivity (Wildman–Crippen MR) is 78.7 cm³/mol. The van der Waals surface area contributed by atoms with Crippen molar-refractivity contribution >= 4 is 17.4 Å². The lowest BCUT2D eigenvalue weighted by Gasteiger charge is -2.43. The van der Waals surface area contributed by atoms with Crippen molar-refractivity contribution in [1.29, 1.82) is 0 Å². The first kappa shape index (κ1) is 14.4. The van der Waals surface area contributed by atoms with Gasteiger partial charge < -0.3 is 16.3 Å². The number of benzene rings is 1. The number of oxime groups is 1. The minimum Gasteiger partial charge on any atom is -0.409 e. The van der Waals surface area contributed by atoms with Gasteiger partial charge in [0.2, 0.25) is 5.91 Å². The van der Waals surface area contributed by atoms with E-state index >= 15 is 0 Å². The maximum Gasteiger partial charge on any atom is 0.238 e. The average Bonchev–Trinajstić information content (AvgIpc) is 2.42. The summed E-state index contributed by atoms with van der Waals surface area (Å²) in [6, 6.07) is 7.72. The highest BCUT2D eigenvalue weighted by molar-refractivity contribution is 6.12. The molecule has 0 radical (unpaired) electrons. The number of hydrogen-bond acceptors (Lipinski definition) is 3. The molecule has 1 saturated carbocycles. The monoisotopic (exact) mass is 275 g/mol. The molecule has 5 nitrogen and oxygen atoms in total. The lowest BCUT2D eigenvalue weighted by molar-refractivity contribution is -0.127. The van der Waals surface area contributed by atoms with E-state index in [4.69, 9.17) is 10.9 Å². The number of amidine groups is 1. The first-order valence-corrected chi connectivity index (χ1v) is 6.90. The number of amides is 1. The highest BCUT2D eigenvalue weighted by atomic mass is 16.4. The van der Waals surface area contributed by atoms with E-state index in [1.165, 1.54) is 0 Å². The predicted octanol–water partition coefficient (Wildman–Crippen LogP) is 2.35. The van der Waals surface area contributed by atoms with E-state index in [0.29, 0.717) is 18.8 Å². The summed E-state index contributed by atoms with van der Waals surface area (Å²) in [5.41, 5.74) is 6.76. The van der Waals surface area contributed by atoms with E-state index in [-0.39, 0.29) is 11.7 Å². The van der Waals surface area contributed by atoms with Gasteiger partial charge in [-0.25, -0.2) is 0 Å². The Bertz CT molecular complexity index is 534. The standard InChI is InChI=1S/C15H21N3O2/c1-3-11-5-4-6-12(7-11)17-14(19)15(13(16)18-20)8-10(2)9-15/h4-7,10,20H,3,8-9H2,1-2H3,(H2,16,18)(H,17,19). The van der Waals surface area contributed by atoms with Crippen molar-refractivity contribution in [2.24, 2.45) is 22.2 Å². The molecular formula is C15H21N3O2. The summed E-state index contributed by atoms with van der Waals surface area (Å²) >= 11 is 0. The molecular weight excluding hydrogens is 254 g/mol. The highest BCUT2D eigenvalue weighted by Gasteiger charge is 2.52. The smallest absolute Gasteiger partial charge is 0.238 e. The molecule has 0 spiro atoms. The van der Waals surface area contributed by atoms with Gasteiger partial charge in [-0.15, -0.1) is 0 Å². The molecule has 0 saturated heterocycles. The number of hydrogen-bond donors (Lipinski definition) is 3. The lowest BCUT2D eigenvalue weighted by Crippen LogP contribution is -2.54. The fraction of sp³-hybridized carbons (Fsp3) is 0.467. The number of aryl methyl sites for hydroxylation is 1. The number of carbonyl (C=O) groups excluding carboxylic acids is 1. The fourth-order valence-corrected chi connectivity index (χ4v) is 2.86. The number of nitrogens with zero attached hydrogens (tertiary/aromatic N) is 1. The molecule has 0 unspecified atom stereocenters. The highest BCUT2D eigenvalue weighted by Crippen LogP contribution is 2.46. The van der Waals surface area contributed by atoms with Crippen LogP contribution in [-0.4, -0.2) is 17.0 Å². The molecule has 1 aromatic rings. The van der Waals surface area contributed by atoms with Gasteiger partial charge >= 0.3 is 0 Å². The van der Waals surface area contributed by atoms with Crippen LogP contribution in [0, 0.1) is 11.3 Å². The number of rotatable bonds is 4. The SMILES string of the molecule is CCc1cccc(NC(=O)C2(/C(N)=N/O)CC(C)C2)c1. The van der Waals surface area contributed by atoms with Crippen LogP contribution in [0.2, 0.25) is 0 Å². The quantitative estimate of drug-likeness (QED) is 0.341. The number of nitrogens with one attached hydrogen (secondary N) is 1. The topological polar surface area (TPSA) is 87.7 Å². The van der Waals surface area contributed by atoms with Crippen molar-refractivity contribution in [3.63, 3.8) is 0 Å². The number of nitrogens with two attached hydrogens (primary N) is 1. The van der Waals surface area contributed by atoms with Crippen LogP contribution in [0.5, 0.6) is 0 Å². The molecule has 1 fully saturated rings. The second kappa shape index (κ2) is 5.53. The zero-order chi connectivity index (χ0) is 14.8. The molecule has 0 bridgehead atoms. The Hall–Kier alpha value is -2.04. The van der Waals surface area contributed by atoms with E-state index in [1.54, 1.807) is 0 Å². The van der Waals surface area contributed by atoms with E-state index in [0.717, 1.165) is 17.7 Å². The third-order valence-electron chi connectivity index (χ3n) is 4.02. The van der Waals surface area contributed by atoms with Crippen LogP contribution < -0.4 is 11.1 Å². The summed E-state index contributed by atoms with van der Waals surface area (Å²) in [5.74, 6) is 0.210. The van der Waals surface area contributed by atoms with Crippen LogP contribution in [0.25, 0.3) is 0 Å². The molecule has 20 heavy (non-hydrogen) atoms. The molecule has 0 atom stereocenters. The Labute approximate surface area is 118 Å². The lowest BCUT2D eigenvalue weighted by atomic mass is 9.61. The molecule has 1 aromatic carbocycles. The van der Waals surface area contributed by atoms with Crippen molar-refractivity contribution in [2.45, 2.75) is 33.1 Å². The van der Waals surface area contributed by atoms with Gasteiger partial charge in [-0.3, -0.25) is 4.79 Å². The van der Waals surface area contributed by atoms with E-state index in [9.17, 15) is 4.79 Å². The minimum absolute atomic E-state index is 0.000235. The van der Waals surface area contributed by atoms with Crippen molar-refractivity contribution in [2.75, 3.05) is 5.32 Å². The largest absolute Gasteiger partial charge is 0.409 e. The van der Waals surface area contributed by atoms with Gasteiger partial charge in [0, 0.05) is 5.69 Å². The third-order valence-corrected chi connectivity index (χ3v) is 4.02. The van der Waals surface area contributed by atoms with E-state index < -0.39 is 5.41 Å². The van der Waals surface area contributed by atoms with Gasteiger partial charge in [0.1, 0.15) is 5.41 Å². The van der Waals surface area contributed by atoms with Gasteiger partial charge in [0.05, 0.1) is 0 Å². The normalized spacial score (nSPS) is 25.9. The van der Waals surface area contributed by atoms with Crippen LogP contribution >= 0.6 is 0 Å². The fourth-order valence-electron chi connectivity index (χ4n) is 2.86. The average molecular weight is 275 g/mol. The molecule has 5 heteroatoms. The second-order valence-electron chi connectivity index (χ2n) is 5.59. The molecule has 4 N–H and O–H groups in total. The molecule has 0 aromatic heterocycles. The Kier molecular flexibility index (Phi) is 3.97. The number of carbonyl (C=O) groups is 1. The van der Waals surface area contributed by atoms with Gasteiger partial charge in [-0.05, 0) is 42.9 Å². The molecule has 1 aliphatic carbocycles. The van der Waals surface area contributed by atoms with Crippen molar-refractivity contribution in [3.05, 3.63) is 29.8 Å². The van der Waals surface area contributed by atoms with Gasteiger partial charge in [0.25, 0.3) is 0 Å². The maximum atomic E-state index is 12.5. The van der Waals surface area contributed by atoms with Crippen LogP contribution in [0.15, 0.2) is 29.4 Å². The summed E-state index contributed by atoms with van der Waals surface area (Å²) in [6.07, 6.45) is 2.14. The Morgan fingerprint density at radius 2 is 2.25 bits per heavy atom. The van der Waals surface area contributed by atoms with E-state index in [1.807, 2.05) is 31.2 Å². The molecule has 108 valence electrons. The van der Waals surface area contributed by atoms with Crippen molar-refractivity contribution in [3.8, 4) is 0 Å². The van der Waals surface area contributed by atoms with Crippen LogP contribution in [0.4, 0.5) is 5.69 Å². The zero-order valence-electron chi connectivity index (χ0n) is 11.9. The van der Waals surface area contributed by atoms with Gasteiger partial charge in [-0.2, -0.15) is 0 Å². The summed E-state index contributed by atoms with van der Waals surface area (Å²) in [7, 11) is 0. The van der Waals surface area contributed by atoms with Gasteiger partial charge in [-0.1, -0.05) is 31.1 Å². The van der Waals surface area contributed by atoms with Crippen LogP contribution in [0.3, 0.4) is 0 Å². The van der Waals surface area contributed by atoms with Crippen molar-refractivity contribution < 1.29 is 10.0 Å². The minimum atomic E-state index is -0.865. The molecule has 1 aliphatic rings. The van der Waals surface area contributed by atoms with Gasteiger partial charge in [0.15, 0.2) is 5.84 Å². The zero-order valence-corrected chi connectivity index (χ0v) is 11.9. The first-order valence-electron chi connectivity index (χ1n) is 6.90. The summed E-state index contributed by atoms with van der Waals surface area (Å²) < 4.78 is 0. The summed E-state index contributed by atoms with van der Waals surface area (Å²) in [5, 5.41) is 14.8. The van der Waals surface area contributed by atoms with Crippen LogP contribution in [-0.2, 0) is 11.2 Å². The Morgan fingerprint density at radius 1 is 1.55 bits per heavy atom. The molecule has 2 rings (SSSR count). The summed E-state index contributed by atoms with van der Waals surface area (Å²) in [4.78, 5) is 12.5. The Balaban J connectivity index is 2.17. The molecule has 0 aliphatic heterocycles. The number of anilines is 1. The van der Waals surface area contributed by atoms with Crippen LogP contribution in [0.1, 0.15) is 32.3 Å². The molecule has 1 amide bonds. The maximum absolute atomic E-state index is 12.5. The third kappa shape index (κ3) is 2.48. The summed E-state index contributed by atoms with van der Waals surface area (Å²) in [6.45, 7) is 4.11.